The standard InChI is InChI=1S/C28H40N2O5/c1-35-22-7-8-24-23(17-22)26(21(19-31)18-29-24)25(32)9-11-28(27(33)34)12-15-30(16-13-28)14-10-20-5-3-2-4-6-20/h7-8,17-18,20,25,31-32H,2-6,9-16,19H2,1H3,(H,33,34)/t25-/m0/s1. The lowest BCUT2D eigenvalue weighted by Gasteiger charge is -2.40. The van der Waals surface area contributed by atoms with E-state index < -0.39 is 17.5 Å². The largest absolute Gasteiger partial charge is 0.497 e. The summed E-state index contributed by atoms with van der Waals surface area (Å²) in [6, 6.07) is 5.46. The molecular formula is C28H40N2O5. The van der Waals surface area contributed by atoms with E-state index in [0.29, 0.717) is 48.1 Å². The summed E-state index contributed by atoms with van der Waals surface area (Å²) in [7, 11) is 1.58. The van der Waals surface area contributed by atoms with Crippen LogP contribution >= 0.6 is 0 Å². The molecule has 1 aliphatic heterocycles. The maximum Gasteiger partial charge on any atom is 0.309 e. The Hall–Kier alpha value is -2.22. The van der Waals surface area contributed by atoms with E-state index >= 15 is 0 Å². The summed E-state index contributed by atoms with van der Waals surface area (Å²) in [6.45, 7) is 2.42. The first kappa shape index (κ1) is 25.9. The molecule has 1 aromatic heterocycles. The fourth-order valence-corrected chi connectivity index (χ4v) is 6.05. The first-order chi connectivity index (χ1) is 17.0. The Morgan fingerprint density at radius 2 is 1.97 bits per heavy atom. The number of likely N-dealkylation sites (tertiary alicyclic amines) is 1. The van der Waals surface area contributed by atoms with Crippen molar-refractivity contribution < 1.29 is 24.9 Å². The number of aromatic nitrogens is 1. The van der Waals surface area contributed by atoms with Crippen LogP contribution in [0.4, 0.5) is 0 Å². The van der Waals surface area contributed by atoms with E-state index in [1.54, 1.807) is 13.3 Å². The molecule has 3 N–H and O–H groups in total. The summed E-state index contributed by atoms with van der Waals surface area (Å²) in [5.74, 6) is 0.713. The Morgan fingerprint density at radius 3 is 2.63 bits per heavy atom. The van der Waals surface area contributed by atoms with Crippen molar-refractivity contribution >= 4 is 16.9 Å². The van der Waals surface area contributed by atoms with E-state index in [-0.39, 0.29) is 6.61 Å². The van der Waals surface area contributed by atoms with Gasteiger partial charge in [0.05, 0.1) is 30.8 Å². The Balaban J connectivity index is 1.42. The molecule has 1 saturated heterocycles. The molecule has 2 heterocycles. The summed E-state index contributed by atoms with van der Waals surface area (Å²) in [6.07, 6.45) is 10.6. The fraction of sp³-hybridized carbons (Fsp3) is 0.643. The van der Waals surface area contributed by atoms with Gasteiger partial charge in [-0.25, -0.2) is 0 Å². The van der Waals surface area contributed by atoms with Gasteiger partial charge >= 0.3 is 5.97 Å². The number of carbonyl (C=O) groups is 1. The summed E-state index contributed by atoms with van der Waals surface area (Å²) < 4.78 is 5.35. The highest BCUT2D eigenvalue weighted by atomic mass is 16.5. The zero-order chi connectivity index (χ0) is 24.8. The van der Waals surface area contributed by atoms with Crippen LogP contribution in [0.5, 0.6) is 5.75 Å². The third-order valence-corrected chi connectivity index (χ3v) is 8.44. The van der Waals surface area contributed by atoms with E-state index in [1.165, 1.54) is 38.5 Å². The van der Waals surface area contributed by atoms with Crippen LogP contribution in [0.2, 0.25) is 0 Å². The van der Waals surface area contributed by atoms with Crippen molar-refractivity contribution in [2.24, 2.45) is 11.3 Å². The third-order valence-electron chi connectivity index (χ3n) is 8.44. The number of aliphatic hydroxyl groups is 2. The summed E-state index contributed by atoms with van der Waals surface area (Å²) in [5, 5.41) is 32.0. The van der Waals surface area contributed by atoms with Crippen molar-refractivity contribution in [3.05, 3.63) is 35.5 Å². The second-order valence-corrected chi connectivity index (χ2v) is 10.5. The quantitative estimate of drug-likeness (QED) is 0.450. The summed E-state index contributed by atoms with van der Waals surface area (Å²) in [5.41, 5.74) is 1.06. The number of carboxylic acid groups (broad SMARTS) is 1. The van der Waals surface area contributed by atoms with Crippen LogP contribution in [0.3, 0.4) is 0 Å². The number of benzene rings is 1. The van der Waals surface area contributed by atoms with Gasteiger partial charge in [-0.15, -0.1) is 0 Å². The van der Waals surface area contributed by atoms with Gasteiger partial charge in [0, 0.05) is 17.1 Å². The minimum Gasteiger partial charge on any atom is -0.497 e. The second kappa shape index (κ2) is 11.7. The van der Waals surface area contributed by atoms with Crippen LogP contribution in [0.15, 0.2) is 24.4 Å². The Morgan fingerprint density at radius 1 is 1.23 bits per heavy atom. The maximum atomic E-state index is 12.4. The summed E-state index contributed by atoms with van der Waals surface area (Å²) in [4.78, 5) is 19.2. The molecule has 0 spiro atoms. The predicted molar refractivity (Wildman–Crippen MR) is 135 cm³/mol. The van der Waals surface area contributed by atoms with Crippen LogP contribution in [-0.4, -0.2) is 57.9 Å². The molecule has 35 heavy (non-hydrogen) atoms. The van der Waals surface area contributed by atoms with Crippen LogP contribution in [0, 0.1) is 11.3 Å². The summed E-state index contributed by atoms with van der Waals surface area (Å²) >= 11 is 0. The average Bonchev–Trinajstić information content (AvgIpc) is 2.90. The first-order valence-electron chi connectivity index (χ1n) is 13.2. The Kier molecular flexibility index (Phi) is 8.63. The van der Waals surface area contributed by atoms with Crippen molar-refractivity contribution in [2.75, 3.05) is 26.7 Å². The number of rotatable bonds is 10. The highest BCUT2D eigenvalue weighted by Gasteiger charge is 2.41. The van der Waals surface area contributed by atoms with E-state index in [9.17, 15) is 20.1 Å². The number of fused-ring (bicyclic) bond motifs is 1. The molecule has 0 unspecified atom stereocenters. The Labute approximate surface area is 208 Å². The molecule has 1 atom stereocenters. The predicted octanol–water partition coefficient (Wildman–Crippen LogP) is 4.69. The number of pyridine rings is 1. The molecule has 0 bridgehead atoms. The minimum absolute atomic E-state index is 0.243. The van der Waals surface area contributed by atoms with Gasteiger partial charge in [-0.1, -0.05) is 32.1 Å². The van der Waals surface area contributed by atoms with Gasteiger partial charge in [-0.05, 0) is 81.4 Å². The number of piperidine rings is 1. The van der Waals surface area contributed by atoms with Gasteiger partial charge in [-0.3, -0.25) is 9.78 Å². The number of hydrogen-bond donors (Lipinski definition) is 3. The van der Waals surface area contributed by atoms with Gasteiger partial charge in [0.25, 0.3) is 0 Å². The minimum atomic E-state index is -0.893. The lowest BCUT2D eigenvalue weighted by Crippen LogP contribution is -2.45. The van der Waals surface area contributed by atoms with Crippen LogP contribution in [-0.2, 0) is 11.4 Å². The molecule has 2 aromatic rings. The van der Waals surface area contributed by atoms with Gasteiger partial charge < -0.3 is 25.0 Å². The molecule has 2 aliphatic rings. The molecule has 4 rings (SSSR count). The van der Waals surface area contributed by atoms with E-state index in [4.69, 9.17) is 4.74 Å². The zero-order valence-electron chi connectivity index (χ0n) is 20.9. The molecule has 1 aromatic carbocycles. The van der Waals surface area contributed by atoms with Gasteiger partial charge in [0.1, 0.15) is 5.75 Å². The van der Waals surface area contributed by atoms with Crippen molar-refractivity contribution in [3.8, 4) is 5.75 Å². The van der Waals surface area contributed by atoms with Crippen molar-refractivity contribution in [3.63, 3.8) is 0 Å². The molecular weight excluding hydrogens is 444 g/mol. The fourth-order valence-electron chi connectivity index (χ4n) is 6.05. The van der Waals surface area contributed by atoms with Gasteiger partial charge in [0.2, 0.25) is 0 Å². The van der Waals surface area contributed by atoms with Crippen molar-refractivity contribution in [1.29, 1.82) is 0 Å². The second-order valence-electron chi connectivity index (χ2n) is 10.5. The van der Waals surface area contributed by atoms with E-state index in [2.05, 4.69) is 9.88 Å². The number of carboxylic acids is 1. The Bertz CT molecular complexity index is 991. The van der Waals surface area contributed by atoms with Crippen LogP contribution in [0.1, 0.15) is 81.4 Å². The smallest absolute Gasteiger partial charge is 0.309 e. The third kappa shape index (κ3) is 5.96. The first-order valence-corrected chi connectivity index (χ1v) is 13.2. The lowest BCUT2D eigenvalue weighted by atomic mass is 9.73. The highest BCUT2D eigenvalue weighted by molar-refractivity contribution is 5.85. The highest BCUT2D eigenvalue weighted by Crippen LogP contribution is 2.40. The molecule has 7 nitrogen and oxygen atoms in total. The normalized spacial score (nSPS) is 20.1. The van der Waals surface area contributed by atoms with E-state index in [1.807, 2.05) is 18.2 Å². The average molecular weight is 485 g/mol. The SMILES string of the molecule is COc1ccc2ncc(CO)c([C@@H](O)CCC3(C(=O)O)CCN(CCC4CCCCC4)CC3)c2c1. The topological polar surface area (TPSA) is 103 Å². The molecule has 7 heteroatoms. The van der Waals surface area contributed by atoms with Crippen LogP contribution < -0.4 is 4.74 Å². The zero-order valence-corrected chi connectivity index (χ0v) is 20.9. The number of aliphatic carboxylic acids is 1. The molecule has 1 aliphatic carbocycles. The number of ether oxygens (including phenoxy) is 1. The maximum absolute atomic E-state index is 12.4. The molecule has 1 saturated carbocycles. The number of aliphatic hydroxyl groups excluding tert-OH is 2. The number of hydrogen-bond acceptors (Lipinski definition) is 6. The molecule has 0 radical (unpaired) electrons. The molecule has 192 valence electrons. The lowest BCUT2D eigenvalue weighted by molar-refractivity contribution is -0.153. The van der Waals surface area contributed by atoms with Crippen LogP contribution in [0.25, 0.3) is 10.9 Å². The van der Waals surface area contributed by atoms with Gasteiger partial charge in [0.15, 0.2) is 0 Å². The van der Waals surface area contributed by atoms with Gasteiger partial charge in [-0.2, -0.15) is 0 Å². The van der Waals surface area contributed by atoms with Crippen molar-refractivity contribution in [2.45, 2.75) is 76.9 Å². The number of methoxy groups -OCH3 is 1. The molecule has 2 fully saturated rings. The monoisotopic (exact) mass is 484 g/mol. The van der Waals surface area contributed by atoms with Crippen molar-refractivity contribution in [1.82, 2.24) is 9.88 Å². The number of nitrogens with zero attached hydrogens (tertiary/aromatic N) is 2. The molecule has 0 amide bonds. The van der Waals surface area contributed by atoms with E-state index in [0.717, 1.165) is 30.9 Å².